The van der Waals surface area contributed by atoms with Gasteiger partial charge in [0.2, 0.25) is 0 Å². The number of benzene rings is 7. The largest absolute Gasteiger partial charge is 0.456 e. The second kappa shape index (κ2) is 11.9. The predicted octanol–water partition coefficient (Wildman–Crippen LogP) is 12.0. The molecule has 0 N–H and O–H groups in total. The van der Waals surface area contributed by atoms with E-state index in [4.69, 9.17) is 14.4 Å². The number of hydrogen-bond donors (Lipinski definition) is 0. The third kappa shape index (κ3) is 4.63. The number of nitrogens with zero attached hydrogens (tertiary/aromatic N) is 4. The zero-order valence-corrected chi connectivity index (χ0v) is 27.9. The lowest BCUT2D eigenvalue weighted by atomic mass is 9.98. The Hall–Kier alpha value is -7.29. The summed E-state index contributed by atoms with van der Waals surface area (Å²) >= 11 is 0. The highest BCUT2D eigenvalue weighted by molar-refractivity contribution is 6.27. The minimum absolute atomic E-state index is 0.438. The fourth-order valence-electron chi connectivity index (χ4n) is 7.55. The van der Waals surface area contributed by atoms with E-state index in [9.17, 15) is 5.26 Å². The lowest BCUT2D eigenvalue weighted by molar-refractivity contribution is 0.669. The number of aromatic nitrogens is 3. The van der Waals surface area contributed by atoms with Gasteiger partial charge < -0.3 is 8.98 Å². The summed E-state index contributed by atoms with van der Waals surface area (Å²) in [4.78, 5) is 10.5. The summed E-state index contributed by atoms with van der Waals surface area (Å²) < 4.78 is 8.68. The van der Waals surface area contributed by atoms with Crippen molar-refractivity contribution in [2.24, 2.45) is 0 Å². The molecule has 0 saturated carbocycles. The van der Waals surface area contributed by atoms with Gasteiger partial charge in [0.1, 0.15) is 22.8 Å². The van der Waals surface area contributed by atoms with Crippen LogP contribution in [0.5, 0.6) is 0 Å². The fraction of sp³-hybridized carbons (Fsp3) is 0. The van der Waals surface area contributed by atoms with Crippen molar-refractivity contribution < 1.29 is 4.42 Å². The van der Waals surface area contributed by atoms with Gasteiger partial charge in [-0.1, -0.05) is 133 Å². The summed E-state index contributed by atoms with van der Waals surface area (Å²) in [5.74, 6) is 0.533. The molecule has 0 aliphatic heterocycles. The Labute approximate surface area is 299 Å². The van der Waals surface area contributed by atoms with E-state index in [1.54, 1.807) is 0 Å². The molecule has 10 aromatic rings. The van der Waals surface area contributed by atoms with Crippen LogP contribution in [0.4, 0.5) is 0 Å². The van der Waals surface area contributed by atoms with E-state index in [1.165, 1.54) is 0 Å². The maximum absolute atomic E-state index is 10.6. The van der Waals surface area contributed by atoms with E-state index in [2.05, 4.69) is 102 Å². The Morgan fingerprint density at radius 2 is 1.08 bits per heavy atom. The molecule has 0 atom stereocenters. The van der Waals surface area contributed by atoms with Crippen molar-refractivity contribution in [1.82, 2.24) is 14.5 Å². The second-order valence-electron chi connectivity index (χ2n) is 12.8. The van der Waals surface area contributed by atoms with Gasteiger partial charge in [-0.15, -0.1) is 0 Å². The summed E-state index contributed by atoms with van der Waals surface area (Å²) in [6.45, 7) is 0. The highest BCUT2D eigenvalue weighted by Crippen LogP contribution is 2.43. The topological polar surface area (TPSA) is 67.6 Å². The van der Waals surface area contributed by atoms with Gasteiger partial charge in [-0.3, -0.25) is 0 Å². The molecule has 5 nitrogen and oxygen atoms in total. The van der Waals surface area contributed by atoms with Crippen LogP contribution in [0.25, 0.3) is 94.5 Å². The molecule has 0 bridgehead atoms. The summed E-state index contributed by atoms with van der Waals surface area (Å²) in [7, 11) is 0. The van der Waals surface area contributed by atoms with Crippen LogP contribution in [0.2, 0.25) is 0 Å². The molecule has 10 rings (SSSR count). The minimum Gasteiger partial charge on any atom is -0.456 e. The average molecular weight is 665 g/mol. The number of nitriles is 1. The van der Waals surface area contributed by atoms with E-state index in [1.807, 2.05) is 78.9 Å². The van der Waals surface area contributed by atoms with Crippen LogP contribution in [0, 0.1) is 11.3 Å². The van der Waals surface area contributed by atoms with Crippen LogP contribution < -0.4 is 0 Å². The smallest absolute Gasteiger partial charge is 0.162 e. The predicted molar refractivity (Wildman–Crippen MR) is 210 cm³/mol. The first-order valence-electron chi connectivity index (χ1n) is 17.2. The molecule has 0 spiro atoms. The Kier molecular flexibility index (Phi) is 6.80. The fourth-order valence-corrected chi connectivity index (χ4v) is 7.55. The highest BCUT2D eigenvalue weighted by Gasteiger charge is 2.24. The van der Waals surface area contributed by atoms with Crippen LogP contribution in [-0.4, -0.2) is 14.5 Å². The lowest BCUT2D eigenvalue weighted by Crippen LogP contribution is -2.04. The van der Waals surface area contributed by atoms with E-state index < -0.39 is 0 Å². The van der Waals surface area contributed by atoms with E-state index in [0.29, 0.717) is 22.8 Å². The van der Waals surface area contributed by atoms with E-state index in [0.717, 1.165) is 77.2 Å². The molecule has 242 valence electrons. The first-order chi connectivity index (χ1) is 25.8. The van der Waals surface area contributed by atoms with Gasteiger partial charge in [0.25, 0.3) is 0 Å². The molecule has 0 unspecified atom stereocenters. The SMILES string of the molecule is N#Cc1c(-c2ccccc2)nc(-c2cc(-c3ccccc3)ccc2-n2c3ccccc3c3c4c(ccc32)oc2ccccc24)nc1-c1ccccc1. The van der Waals surface area contributed by atoms with Gasteiger partial charge in [-0.2, -0.15) is 5.26 Å². The van der Waals surface area contributed by atoms with Crippen molar-refractivity contribution in [2.75, 3.05) is 0 Å². The molecule has 0 radical (unpaired) electrons. The molecule has 3 aromatic heterocycles. The maximum Gasteiger partial charge on any atom is 0.162 e. The molecule has 0 saturated heterocycles. The molecular formula is C47H28N4O. The van der Waals surface area contributed by atoms with Crippen molar-refractivity contribution >= 4 is 43.7 Å². The van der Waals surface area contributed by atoms with Crippen molar-refractivity contribution in [2.45, 2.75) is 0 Å². The number of fused-ring (bicyclic) bond motifs is 7. The summed E-state index contributed by atoms with van der Waals surface area (Å²) in [5.41, 5.74) is 11.1. The van der Waals surface area contributed by atoms with E-state index in [-0.39, 0.29) is 0 Å². The van der Waals surface area contributed by atoms with Gasteiger partial charge in [0.15, 0.2) is 5.82 Å². The standard InChI is InChI=1S/C47H28N4O/c48-29-37-45(31-16-6-2-7-17-31)49-47(50-46(37)32-18-8-3-9-19-32)36-28-33(30-14-4-1-5-15-30)24-25-39(36)51-38-22-12-10-20-34(38)43-40(51)26-27-42-44(43)35-21-11-13-23-41(35)52-42/h1-28H. The molecule has 7 aromatic carbocycles. The van der Waals surface area contributed by atoms with Crippen LogP contribution >= 0.6 is 0 Å². The van der Waals surface area contributed by atoms with Gasteiger partial charge in [0.05, 0.1) is 28.1 Å². The Balaban J connectivity index is 1.34. The number of hydrogen-bond acceptors (Lipinski definition) is 4. The third-order valence-electron chi connectivity index (χ3n) is 9.88. The number of para-hydroxylation sites is 2. The Morgan fingerprint density at radius 3 is 1.75 bits per heavy atom. The maximum atomic E-state index is 10.6. The van der Waals surface area contributed by atoms with Crippen LogP contribution in [-0.2, 0) is 0 Å². The molecule has 0 fully saturated rings. The molecule has 5 heteroatoms. The second-order valence-corrected chi connectivity index (χ2v) is 12.8. The molecule has 3 heterocycles. The van der Waals surface area contributed by atoms with Gasteiger partial charge in [-0.05, 0) is 47.5 Å². The first-order valence-corrected chi connectivity index (χ1v) is 17.2. The van der Waals surface area contributed by atoms with E-state index >= 15 is 0 Å². The Bertz CT molecular complexity index is 2950. The normalized spacial score (nSPS) is 11.4. The van der Waals surface area contributed by atoms with Crippen LogP contribution in [0.15, 0.2) is 174 Å². The van der Waals surface area contributed by atoms with Crippen molar-refractivity contribution in [3.63, 3.8) is 0 Å². The minimum atomic E-state index is 0.438. The lowest BCUT2D eigenvalue weighted by Gasteiger charge is -2.17. The molecule has 0 amide bonds. The quantitative estimate of drug-likeness (QED) is 0.184. The molecule has 0 aliphatic carbocycles. The first kappa shape index (κ1) is 29.6. The monoisotopic (exact) mass is 664 g/mol. The summed E-state index contributed by atoms with van der Waals surface area (Å²) in [6.07, 6.45) is 0. The van der Waals surface area contributed by atoms with Gasteiger partial charge >= 0.3 is 0 Å². The van der Waals surface area contributed by atoms with Crippen LogP contribution in [0.3, 0.4) is 0 Å². The summed E-state index contributed by atoms with van der Waals surface area (Å²) in [6, 6.07) is 60.1. The van der Waals surface area contributed by atoms with Crippen molar-refractivity contribution in [3.8, 4) is 56.8 Å². The third-order valence-corrected chi connectivity index (χ3v) is 9.88. The molecule has 0 aliphatic rings. The zero-order valence-electron chi connectivity index (χ0n) is 27.9. The number of furan rings is 1. The Morgan fingerprint density at radius 1 is 0.481 bits per heavy atom. The van der Waals surface area contributed by atoms with Crippen LogP contribution in [0.1, 0.15) is 5.56 Å². The molecule has 52 heavy (non-hydrogen) atoms. The van der Waals surface area contributed by atoms with Crippen molar-refractivity contribution in [1.29, 1.82) is 5.26 Å². The van der Waals surface area contributed by atoms with Crippen molar-refractivity contribution in [3.05, 3.63) is 175 Å². The molecular weight excluding hydrogens is 637 g/mol. The zero-order chi connectivity index (χ0) is 34.6. The number of rotatable bonds is 5. The average Bonchev–Trinajstić information content (AvgIpc) is 3.77. The highest BCUT2D eigenvalue weighted by atomic mass is 16.3. The van der Waals surface area contributed by atoms with Gasteiger partial charge in [0, 0.05) is 38.2 Å². The van der Waals surface area contributed by atoms with Gasteiger partial charge in [-0.25, -0.2) is 9.97 Å². The summed E-state index contributed by atoms with van der Waals surface area (Å²) in [5, 5.41) is 15.1.